The van der Waals surface area contributed by atoms with Crippen molar-refractivity contribution in [3.63, 3.8) is 0 Å². The number of fused-ring (bicyclic) bond motifs is 1. The van der Waals surface area contributed by atoms with Crippen LogP contribution in [0.5, 0.6) is 11.5 Å². The highest BCUT2D eigenvalue weighted by atomic mass is 127. The molecule has 0 unspecified atom stereocenters. The molecule has 1 aliphatic heterocycles. The van der Waals surface area contributed by atoms with Gasteiger partial charge in [0.1, 0.15) is 19.0 Å². The van der Waals surface area contributed by atoms with E-state index in [9.17, 15) is 0 Å². The normalized spacial score (nSPS) is 13.3. The Bertz CT molecular complexity index is 709. The zero-order valence-electron chi connectivity index (χ0n) is 11.3. The second kappa shape index (κ2) is 5.84. The van der Waals surface area contributed by atoms with Gasteiger partial charge in [-0.25, -0.2) is 9.97 Å². The topological polar surface area (TPSA) is 70.3 Å². The van der Waals surface area contributed by atoms with Crippen molar-refractivity contribution in [3.8, 4) is 22.9 Å². The Morgan fingerprint density at radius 1 is 1.29 bits per heavy atom. The van der Waals surface area contributed by atoms with E-state index in [-0.39, 0.29) is 0 Å². The van der Waals surface area contributed by atoms with E-state index in [2.05, 4.69) is 32.6 Å². The van der Waals surface area contributed by atoms with Gasteiger partial charge in [0.25, 0.3) is 0 Å². The fourth-order valence-corrected chi connectivity index (χ4v) is 3.00. The van der Waals surface area contributed by atoms with Gasteiger partial charge in [-0.2, -0.15) is 0 Å². The summed E-state index contributed by atoms with van der Waals surface area (Å²) in [5, 5.41) is 0.487. The van der Waals surface area contributed by atoms with Crippen molar-refractivity contribution in [2.75, 3.05) is 18.9 Å². The van der Waals surface area contributed by atoms with Crippen molar-refractivity contribution in [1.29, 1.82) is 0 Å². The van der Waals surface area contributed by atoms with Crippen LogP contribution in [-0.4, -0.2) is 23.2 Å². The lowest BCUT2D eigenvalue weighted by Crippen LogP contribution is -2.15. The van der Waals surface area contributed by atoms with Gasteiger partial charge < -0.3 is 15.2 Å². The van der Waals surface area contributed by atoms with Gasteiger partial charge in [-0.05, 0) is 41.1 Å². The molecule has 0 saturated heterocycles. The molecule has 0 atom stereocenters. The van der Waals surface area contributed by atoms with Crippen molar-refractivity contribution in [3.05, 3.63) is 26.4 Å². The molecule has 0 aliphatic carbocycles. The fourth-order valence-electron chi connectivity index (χ4n) is 2.12. The highest BCUT2D eigenvalue weighted by Gasteiger charge is 2.19. The molecule has 2 heterocycles. The number of aryl methyl sites for hydroxylation is 1. The Morgan fingerprint density at radius 2 is 2.05 bits per heavy atom. The number of nitrogens with two attached hydrogens (primary N) is 1. The van der Waals surface area contributed by atoms with Crippen LogP contribution >= 0.6 is 34.2 Å². The lowest BCUT2D eigenvalue weighted by atomic mass is 10.1. The van der Waals surface area contributed by atoms with E-state index >= 15 is 0 Å². The van der Waals surface area contributed by atoms with Crippen LogP contribution in [0.4, 0.5) is 5.82 Å². The summed E-state index contributed by atoms with van der Waals surface area (Å²) in [6, 6.07) is 3.61. The van der Waals surface area contributed by atoms with Crippen LogP contribution < -0.4 is 15.2 Å². The molecule has 3 rings (SSSR count). The van der Waals surface area contributed by atoms with E-state index in [1.165, 1.54) is 0 Å². The van der Waals surface area contributed by atoms with Crippen molar-refractivity contribution < 1.29 is 9.47 Å². The summed E-state index contributed by atoms with van der Waals surface area (Å²) >= 11 is 8.41. The van der Waals surface area contributed by atoms with Crippen molar-refractivity contribution >= 4 is 40.0 Å². The summed E-state index contributed by atoms with van der Waals surface area (Å²) in [5.74, 6) is 2.20. The molecule has 7 heteroatoms. The molecule has 2 aromatic rings. The number of hydrogen-bond acceptors (Lipinski definition) is 5. The van der Waals surface area contributed by atoms with Crippen LogP contribution in [-0.2, 0) is 6.42 Å². The average molecular weight is 418 g/mol. The van der Waals surface area contributed by atoms with Crippen LogP contribution in [0.3, 0.4) is 0 Å². The Balaban J connectivity index is 2.13. The minimum Gasteiger partial charge on any atom is -0.486 e. The van der Waals surface area contributed by atoms with Gasteiger partial charge in [0.05, 0.1) is 14.3 Å². The minimum atomic E-state index is 0.475. The molecule has 21 heavy (non-hydrogen) atoms. The maximum Gasteiger partial charge on any atom is 0.179 e. The Labute approximate surface area is 141 Å². The van der Waals surface area contributed by atoms with Gasteiger partial charge in [0.15, 0.2) is 17.3 Å². The third kappa shape index (κ3) is 2.74. The summed E-state index contributed by atoms with van der Waals surface area (Å²) in [6.45, 7) is 3.03. The molecule has 1 aromatic carbocycles. The third-order valence-corrected chi connectivity index (χ3v) is 4.59. The quantitative estimate of drug-likeness (QED) is 0.759. The number of halogens is 2. The number of nitrogens with zero attached hydrogens (tertiary/aromatic N) is 2. The molecule has 0 spiro atoms. The first-order chi connectivity index (χ1) is 10.1. The molecule has 0 radical (unpaired) electrons. The largest absolute Gasteiger partial charge is 0.486 e. The molecule has 1 aromatic heterocycles. The summed E-state index contributed by atoms with van der Waals surface area (Å²) in [4.78, 5) is 8.90. The number of anilines is 1. The zero-order chi connectivity index (χ0) is 15.0. The number of benzene rings is 1. The lowest BCUT2D eigenvalue weighted by Gasteiger charge is -2.20. The Kier molecular flexibility index (Phi) is 4.08. The SMILES string of the molecule is CCc1nc(-c2cc(Cl)c3c(c2)OCCO3)nc(N)c1I. The maximum absolute atomic E-state index is 6.25. The highest BCUT2D eigenvalue weighted by Crippen LogP contribution is 2.40. The third-order valence-electron chi connectivity index (χ3n) is 3.14. The first kappa shape index (κ1) is 14.6. The number of hydrogen-bond donors (Lipinski definition) is 1. The fraction of sp³-hybridized carbons (Fsp3) is 0.286. The molecule has 5 nitrogen and oxygen atoms in total. The Morgan fingerprint density at radius 3 is 2.81 bits per heavy atom. The first-order valence-electron chi connectivity index (χ1n) is 6.51. The van der Waals surface area contributed by atoms with E-state index in [0.29, 0.717) is 41.4 Å². The number of aromatic nitrogens is 2. The van der Waals surface area contributed by atoms with Gasteiger partial charge in [-0.3, -0.25) is 0 Å². The van der Waals surface area contributed by atoms with E-state index in [1.807, 2.05) is 13.0 Å². The first-order valence-corrected chi connectivity index (χ1v) is 7.97. The molecule has 0 bridgehead atoms. The standard InChI is InChI=1S/C14H13ClIN3O2/c1-2-9-11(16)13(17)19-14(18-9)7-5-8(15)12-10(6-7)20-3-4-21-12/h5-6H,2-4H2,1H3,(H2,17,18,19). The lowest BCUT2D eigenvalue weighted by molar-refractivity contribution is 0.172. The van der Waals surface area contributed by atoms with Crippen molar-refractivity contribution in [2.24, 2.45) is 0 Å². The molecule has 2 N–H and O–H groups in total. The number of ether oxygens (including phenoxy) is 2. The summed E-state index contributed by atoms with van der Waals surface area (Å²) in [5.41, 5.74) is 7.65. The van der Waals surface area contributed by atoms with E-state index < -0.39 is 0 Å². The minimum absolute atomic E-state index is 0.475. The van der Waals surface area contributed by atoms with Crippen molar-refractivity contribution in [1.82, 2.24) is 9.97 Å². The molecule has 0 saturated carbocycles. The van der Waals surface area contributed by atoms with Crippen LogP contribution in [0.15, 0.2) is 12.1 Å². The second-order valence-electron chi connectivity index (χ2n) is 4.53. The monoisotopic (exact) mass is 417 g/mol. The molecule has 110 valence electrons. The van der Waals surface area contributed by atoms with E-state index in [1.54, 1.807) is 6.07 Å². The van der Waals surface area contributed by atoms with Gasteiger partial charge in [-0.15, -0.1) is 0 Å². The van der Waals surface area contributed by atoms with Crippen LogP contribution in [0, 0.1) is 3.57 Å². The van der Waals surface area contributed by atoms with E-state index in [4.69, 9.17) is 26.8 Å². The Hall–Kier alpha value is -1.28. The van der Waals surface area contributed by atoms with Gasteiger partial charge in [0.2, 0.25) is 0 Å². The summed E-state index contributed by atoms with van der Waals surface area (Å²) in [7, 11) is 0. The number of nitrogen functional groups attached to an aromatic ring is 1. The van der Waals surface area contributed by atoms with Crippen LogP contribution in [0.2, 0.25) is 5.02 Å². The second-order valence-corrected chi connectivity index (χ2v) is 6.01. The summed E-state index contributed by atoms with van der Waals surface area (Å²) < 4.78 is 12.0. The average Bonchev–Trinajstić information content (AvgIpc) is 2.50. The maximum atomic E-state index is 6.25. The van der Waals surface area contributed by atoms with Gasteiger partial charge in [0, 0.05) is 5.56 Å². The molecular weight excluding hydrogens is 405 g/mol. The highest BCUT2D eigenvalue weighted by molar-refractivity contribution is 14.1. The molecule has 0 fully saturated rings. The zero-order valence-corrected chi connectivity index (χ0v) is 14.2. The molecule has 1 aliphatic rings. The molecular formula is C14H13ClIN3O2. The van der Waals surface area contributed by atoms with Gasteiger partial charge in [-0.1, -0.05) is 18.5 Å². The van der Waals surface area contributed by atoms with Gasteiger partial charge >= 0.3 is 0 Å². The number of rotatable bonds is 2. The van der Waals surface area contributed by atoms with E-state index in [0.717, 1.165) is 21.2 Å². The van der Waals surface area contributed by atoms with Crippen LogP contribution in [0.1, 0.15) is 12.6 Å². The predicted molar refractivity (Wildman–Crippen MR) is 90.0 cm³/mol. The summed E-state index contributed by atoms with van der Waals surface area (Å²) in [6.07, 6.45) is 0.788. The van der Waals surface area contributed by atoms with Crippen molar-refractivity contribution in [2.45, 2.75) is 13.3 Å². The predicted octanol–water partition coefficient (Wildman–Crippen LogP) is 3.32. The van der Waals surface area contributed by atoms with Crippen LogP contribution in [0.25, 0.3) is 11.4 Å². The molecule has 0 amide bonds. The smallest absolute Gasteiger partial charge is 0.179 e.